The van der Waals surface area contributed by atoms with Crippen molar-refractivity contribution in [1.29, 1.82) is 0 Å². The average molecular weight is 301 g/mol. The van der Waals surface area contributed by atoms with E-state index in [9.17, 15) is 4.79 Å². The van der Waals surface area contributed by atoms with E-state index >= 15 is 0 Å². The first kappa shape index (κ1) is 12.8. The van der Waals surface area contributed by atoms with E-state index < -0.39 is 0 Å². The predicted molar refractivity (Wildman–Crippen MR) is 78.7 cm³/mol. The zero-order chi connectivity index (χ0) is 13.0. The second kappa shape index (κ2) is 5.78. The number of ketones is 1. The number of allylic oxidation sites excluding steroid dienone is 1. The fourth-order valence-corrected chi connectivity index (χ4v) is 1.91. The second-order valence-electron chi connectivity index (χ2n) is 4.06. The van der Waals surface area contributed by atoms with E-state index in [1.165, 1.54) is 0 Å². The molecule has 0 heterocycles. The van der Waals surface area contributed by atoms with Gasteiger partial charge in [-0.05, 0) is 48.4 Å². The predicted octanol–water partition coefficient (Wildman–Crippen LogP) is 4.65. The number of halogens is 1. The van der Waals surface area contributed by atoms with Gasteiger partial charge in [0.15, 0.2) is 5.78 Å². The van der Waals surface area contributed by atoms with E-state index in [0.717, 1.165) is 15.6 Å². The first-order chi connectivity index (χ1) is 8.66. The van der Waals surface area contributed by atoms with Crippen LogP contribution in [-0.4, -0.2) is 5.78 Å². The summed E-state index contributed by atoms with van der Waals surface area (Å²) in [5.74, 6) is 0.0192. The number of carbonyl (C=O) groups excluding carboxylic acids is 1. The Morgan fingerprint density at radius 2 is 1.72 bits per heavy atom. The zero-order valence-corrected chi connectivity index (χ0v) is 11.6. The van der Waals surface area contributed by atoms with Crippen LogP contribution < -0.4 is 0 Å². The monoisotopic (exact) mass is 300 g/mol. The Kier molecular flexibility index (Phi) is 4.11. The molecule has 0 saturated heterocycles. The first-order valence-corrected chi connectivity index (χ1v) is 6.50. The lowest BCUT2D eigenvalue weighted by Crippen LogP contribution is -1.93. The molecule has 0 amide bonds. The number of aryl methyl sites for hydroxylation is 1. The smallest absolute Gasteiger partial charge is 0.185 e. The van der Waals surface area contributed by atoms with Crippen molar-refractivity contribution in [3.05, 3.63) is 75.8 Å². The van der Waals surface area contributed by atoms with E-state index in [-0.39, 0.29) is 5.78 Å². The summed E-state index contributed by atoms with van der Waals surface area (Å²) in [6, 6.07) is 15.4. The van der Waals surface area contributed by atoms with Crippen LogP contribution in [0, 0.1) is 6.92 Å². The minimum absolute atomic E-state index is 0.0192. The highest BCUT2D eigenvalue weighted by molar-refractivity contribution is 9.10. The Bertz CT molecular complexity index is 582. The number of hydrogen-bond donors (Lipinski definition) is 0. The lowest BCUT2D eigenvalue weighted by molar-refractivity contribution is 0.104. The molecule has 0 fully saturated rings. The number of carbonyl (C=O) groups is 1. The molecule has 0 aliphatic rings. The Hall–Kier alpha value is -1.67. The van der Waals surface area contributed by atoms with E-state index in [0.29, 0.717) is 5.56 Å². The fourth-order valence-electron chi connectivity index (χ4n) is 1.65. The molecule has 2 heteroatoms. The van der Waals surface area contributed by atoms with E-state index in [2.05, 4.69) is 15.9 Å². The molecule has 0 atom stereocenters. The van der Waals surface area contributed by atoms with Crippen molar-refractivity contribution in [3.8, 4) is 0 Å². The SMILES string of the molecule is Cc1ccccc1C=CC(=O)c1ccc(Br)cc1. The van der Waals surface area contributed by atoms with Crippen LogP contribution in [-0.2, 0) is 0 Å². The highest BCUT2D eigenvalue weighted by Gasteiger charge is 2.01. The quantitative estimate of drug-likeness (QED) is 0.595. The van der Waals surface area contributed by atoms with E-state index in [4.69, 9.17) is 0 Å². The summed E-state index contributed by atoms with van der Waals surface area (Å²) >= 11 is 3.35. The van der Waals surface area contributed by atoms with Crippen LogP contribution in [0.2, 0.25) is 0 Å². The third-order valence-electron chi connectivity index (χ3n) is 2.73. The molecule has 2 aromatic rings. The minimum atomic E-state index is 0.0192. The number of benzene rings is 2. The van der Waals surface area contributed by atoms with Crippen LogP contribution in [0.4, 0.5) is 0 Å². The summed E-state index contributed by atoms with van der Waals surface area (Å²) in [5, 5.41) is 0. The molecule has 2 rings (SSSR count). The summed E-state index contributed by atoms with van der Waals surface area (Å²) < 4.78 is 0.974. The van der Waals surface area contributed by atoms with Crippen molar-refractivity contribution in [2.45, 2.75) is 6.92 Å². The van der Waals surface area contributed by atoms with Crippen molar-refractivity contribution in [2.24, 2.45) is 0 Å². The molecule has 0 N–H and O–H groups in total. The Balaban J connectivity index is 2.17. The van der Waals surface area contributed by atoms with Crippen LogP contribution in [0.1, 0.15) is 21.5 Å². The van der Waals surface area contributed by atoms with Crippen molar-refractivity contribution in [2.75, 3.05) is 0 Å². The van der Waals surface area contributed by atoms with Crippen LogP contribution in [0.5, 0.6) is 0 Å². The molecular weight excluding hydrogens is 288 g/mol. The standard InChI is InChI=1S/C16H13BrO/c1-12-4-2-3-5-13(12)8-11-16(18)14-6-9-15(17)10-7-14/h2-11H,1H3. The summed E-state index contributed by atoms with van der Waals surface area (Å²) in [6.45, 7) is 2.03. The van der Waals surface area contributed by atoms with Crippen molar-refractivity contribution >= 4 is 27.8 Å². The van der Waals surface area contributed by atoms with Crippen LogP contribution >= 0.6 is 15.9 Å². The summed E-state index contributed by atoms with van der Waals surface area (Å²) in [7, 11) is 0. The third kappa shape index (κ3) is 3.17. The summed E-state index contributed by atoms with van der Waals surface area (Å²) in [4.78, 5) is 11.9. The van der Waals surface area contributed by atoms with Gasteiger partial charge >= 0.3 is 0 Å². The van der Waals surface area contributed by atoms with Gasteiger partial charge in [0.05, 0.1) is 0 Å². The molecule has 18 heavy (non-hydrogen) atoms. The van der Waals surface area contributed by atoms with Crippen molar-refractivity contribution in [3.63, 3.8) is 0 Å². The molecule has 0 spiro atoms. The molecule has 90 valence electrons. The van der Waals surface area contributed by atoms with E-state index in [1.54, 1.807) is 6.08 Å². The number of hydrogen-bond acceptors (Lipinski definition) is 1. The average Bonchev–Trinajstić information content (AvgIpc) is 2.38. The van der Waals surface area contributed by atoms with Crippen molar-refractivity contribution in [1.82, 2.24) is 0 Å². The van der Waals surface area contributed by atoms with Gasteiger partial charge in [0.2, 0.25) is 0 Å². The molecule has 0 aliphatic heterocycles. The lowest BCUT2D eigenvalue weighted by Gasteiger charge is -1.99. The second-order valence-corrected chi connectivity index (χ2v) is 4.98. The zero-order valence-electron chi connectivity index (χ0n) is 10.1. The molecule has 1 nitrogen and oxygen atoms in total. The third-order valence-corrected chi connectivity index (χ3v) is 3.26. The Morgan fingerprint density at radius 1 is 1.06 bits per heavy atom. The maximum atomic E-state index is 11.9. The van der Waals surface area contributed by atoms with Gasteiger partial charge < -0.3 is 0 Å². The molecule has 0 bridgehead atoms. The van der Waals surface area contributed by atoms with Gasteiger partial charge in [-0.25, -0.2) is 0 Å². The topological polar surface area (TPSA) is 17.1 Å². The number of rotatable bonds is 3. The maximum absolute atomic E-state index is 11.9. The van der Waals surface area contributed by atoms with Crippen molar-refractivity contribution < 1.29 is 4.79 Å². The molecule has 2 aromatic carbocycles. The van der Waals surface area contributed by atoms with Gasteiger partial charge in [-0.15, -0.1) is 0 Å². The van der Waals surface area contributed by atoms with Crippen LogP contribution in [0.3, 0.4) is 0 Å². The molecule has 0 aliphatic carbocycles. The molecular formula is C16H13BrO. The highest BCUT2D eigenvalue weighted by atomic mass is 79.9. The molecule has 0 aromatic heterocycles. The molecule has 0 radical (unpaired) electrons. The van der Waals surface area contributed by atoms with Gasteiger partial charge in [-0.1, -0.05) is 46.3 Å². The van der Waals surface area contributed by atoms with Crippen LogP contribution in [0.15, 0.2) is 59.1 Å². The molecule has 0 unspecified atom stereocenters. The minimum Gasteiger partial charge on any atom is -0.289 e. The Morgan fingerprint density at radius 3 is 2.39 bits per heavy atom. The summed E-state index contributed by atoms with van der Waals surface area (Å²) in [5.41, 5.74) is 2.93. The van der Waals surface area contributed by atoms with Gasteiger partial charge in [0.25, 0.3) is 0 Å². The first-order valence-electron chi connectivity index (χ1n) is 5.70. The largest absolute Gasteiger partial charge is 0.289 e. The van der Waals surface area contributed by atoms with Gasteiger partial charge in [-0.3, -0.25) is 4.79 Å². The molecule has 0 saturated carbocycles. The lowest BCUT2D eigenvalue weighted by atomic mass is 10.1. The highest BCUT2D eigenvalue weighted by Crippen LogP contribution is 2.13. The maximum Gasteiger partial charge on any atom is 0.185 e. The van der Waals surface area contributed by atoms with Gasteiger partial charge in [0.1, 0.15) is 0 Å². The summed E-state index contributed by atoms with van der Waals surface area (Å²) in [6.07, 6.45) is 3.48. The van der Waals surface area contributed by atoms with Gasteiger partial charge in [-0.2, -0.15) is 0 Å². The normalized spacial score (nSPS) is 10.8. The van der Waals surface area contributed by atoms with Crippen LogP contribution in [0.25, 0.3) is 6.08 Å². The van der Waals surface area contributed by atoms with E-state index in [1.807, 2.05) is 61.5 Å². The Labute approximate surface area is 115 Å². The van der Waals surface area contributed by atoms with Gasteiger partial charge in [0, 0.05) is 10.0 Å². The fraction of sp³-hybridized carbons (Fsp3) is 0.0625.